The molecule has 8 nitrogen and oxygen atoms in total. The molecule has 4 rings (SSSR count). The molecule has 4 aromatic rings. The second-order valence-corrected chi connectivity index (χ2v) is 14.8. The van der Waals surface area contributed by atoms with Gasteiger partial charge >= 0.3 is 5.97 Å². The van der Waals surface area contributed by atoms with Crippen LogP contribution in [0.2, 0.25) is 0 Å². The Balaban J connectivity index is 2.24. The molecule has 0 saturated heterocycles. The van der Waals surface area contributed by atoms with Gasteiger partial charge in [0.2, 0.25) is 17.8 Å². The molecule has 1 unspecified atom stereocenters. The Hall–Kier alpha value is -4.33. The number of ether oxygens (including phenoxy) is 7. The van der Waals surface area contributed by atoms with Crippen LogP contribution in [0.1, 0.15) is 144 Å². The maximum absolute atomic E-state index is 12.7. The van der Waals surface area contributed by atoms with Crippen molar-refractivity contribution in [1.82, 2.24) is 0 Å². The predicted molar refractivity (Wildman–Crippen MR) is 235 cm³/mol. The summed E-state index contributed by atoms with van der Waals surface area (Å²) in [7, 11) is 0. The van der Waals surface area contributed by atoms with E-state index in [4.69, 9.17) is 33.2 Å². The lowest BCUT2D eigenvalue weighted by Gasteiger charge is -2.27. The molecule has 0 aliphatic heterocycles. The van der Waals surface area contributed by atoms with Crippen molar-refractivity contribution in [1.29, 1.82) is 0 Å². The van der Waals surface area contributed by atoms with Gasteiger partial charge < -0.3 is 33.2 Å². The molecule has 0 bridgehead atoms. The highest BCUT2D eigenvalue weighted by molar-refractivity contribution is 6.31. The maximum Gasteiger partial charge on any atom is 0.333 e. The van der Waals surface area contributed by atoms with Crippen LogP contribution in [0.5, 0.6) is 34.5 Å². The predicted octanol–water partition coefficient (Wildman–Crippen LogP) is 13.8. The van der Waals surface area contributed by atoms with Crippen LogP contribution < -0.4 is 28.4 Å². The van der Waals surface area contributed by atoms with Crippen LogP contribution in [-0.2, 0) is 9.53 Å². The molecule has 0 heterocycles. The third-order valence-electron chi connectivity index (χ3n) is 10.2. The van der Waals surface area contributed by atoms with E-state index < -0.39 is 12.3 Å². The molecule has 0 amide bonds. The third kappa shape index (κ3) is 12.3. The summed E-state index contributed by atoms with van der Waals surface area (Å²) in [4.78, 5) is 12.7. The van der Waals surface area contributed by atoms with E-state index in [2.05, 4.69) is 71.5 Å². The molecule has 57 heavy (non-hydrogen) atoms. The van der Waals surface area contributed by atoms with E-state index >= 15 is 0 Å². The summed E-state index contributed by atoms with van der Waals surface area (Å²) in [5.41, 5.74) is 0. The van der Waals surface area contributed by atoms with Gasteiger partial charge in [-0.1, -0.05) is 137 Å². The van der Waals surface area contributed by atoms with Crippen LogP contribution in [-0.4, -0.2) is 45.3 Å². The van der Waals surface area contributed by atoms with Gasteiger partial charge in [0.05, 0.1) is 33.0 Å². The minimum atomic E-state index is -0.923. The monoisotopic (exact) mass is 787 g/mol. The van der Waals surface area contributed by atoms with E-state index in [1.807, 2.05) is 13.0 Å². The molecule has 0 aliphatic rings. The molecular weight excluding hydrogens is 717 g/mol. The van der Waals surface area contributed by atoms with Crippen molar-refractivity contribution in [2.45, 2.75) is 151 Å². The topological polar surface area (TPSA) is 81.7 Å². The second-order valence-electron chi connectivity index (χ2n) is 14.8. The largest absolute Gasteiger partial charge is 0.490 e. The molecule has 0 radical (unpaired) electrons. The standard InChI is InChI=1S/C49H70O8/c1-8-15-22-31-51-39-30-29-38-36-27-20-21-28-37(36)43-44(42(38)45(39)52-32-23-16-9-2)46(53-33-24-17-10-3)48(54-34-25-18-11-4)49(55-35-26-19-12-5)47(43)57-41(14-7)56-40(50)13-6/h13,20-21,27-30,41H,6,8-12,14-19,22-26,31-35H2,1-5,7H3. The fourth-order valence-electron chi connectivity index (χ4n) is 7.04. The second kappa shape index (κ2) is 25.1. The third-order valence-corrected chi connectivity index (χ3v) is 10.2. The Morgan fingerprint density at radius 2 is 0.947 bits per heavy atom. The van der Waals surface area contributed by atoms with Crippen LogP contribution in [0.3, 0.4) is 0 Å². The summed E-state index contributed by atoms with van der Waals surface area (Å²) in [6.07, 6.45) is 15.6. The molecule has 0 saturated carbocycles. The fraction of sp³-hybridized carbons (Fsp3) is 0.571. The highest BCUT2D eigenvalue weighted by Crippen LogP contribution is 2.58. The van der Waals surface area contributed by atoms with Crippen molar-refractivity contribution in [3.8, 4) is 34.5 Å². The van der Waals surface area contributed by atoms with Crippen molar-refractivity contribution >= 4 is 38.3 Å². The molecule has 314 valence electrons. The average Bonchev–Trinajstić information content (AvgIpc) is 3.23. The van der Waals surface area contributed by atoms with Crippen molar-refractivity contribution in [2.75, 3.05) is 33.0 Å². The Kier molecular flexibility index (Phi) is 20.0. The first kappa shape index (κ1) is 45.4. The smallest absolute Gasteiger partial charge is 0.333 e. The van der Waals surface area contributed by atoms with Crippen molar-refractivity contribution in [3.05, 3.63) is 49.1 Å². The SMILES string of the molecule is C=CC(=O)OC(CC)Oc1c(OCCCCC)c(OCCCCC)c(OCCCCC)c2c3c(OCCCCC)c(OCCCCC)ccc3c3ccccc3c12. The van der Waals surface area contributed by atoms with E-state index in [1.54, 1.807) is 0 Å². The van der Waals surface area contributed by atoms with E-state index in [-0.39, 0.29) is 0 Å². The lowest BCUT2D eigenvalue weighted by Crippen LogP contribution is -2.23. The lowest BCUT2D eigenvalue weighted by atomic mass is 9.91. The van der Waals surface area contributed by atoms with Gasteiger partial charge in [0.1, 0.15) is 0 Å². The molecule has 0 aliphatic carbocycles. The Labute approximate surface area is 342 Å². The first-order chi connectivity index (χ1) is 28.0. The number of benzene rings is 4. The van der Waals surface area contributed by atoms with Gasteiger partial charge in [-0.25, -0.2) is 4.79 Å². The highest BCUT2D eigenvalue weighted by atomic mass is 16.7. The molecule has 0 aromatic heterocycles. The number of hydrogen-bond acceptors (Lipinski definition) is 8. The summed E-state index contributed by atoms with van der Waals surface area (Å²) >= 11 is 0. The van der Waals surface area contributed by atoms with Gasteiger partial charge in [0.15, 0.2) is 23.0 Å². The zero-order valence-corrected chi connectivity index (χ0v) is 35.9. The minimum Gasteiger partial charge on any atom is -0.490 e. The molecule has 0 N–H and O–H groups in total. The molecular formula is C49H70O8. The van der Waals surface area contributed by atoms with Crippen LogP contribution >= 0.6 is 0 Å². The van der Waals surface area contributed by atoms with E-state index in [0.29, 0.717) is 74.0 Å². The summed E-state index contributed by atoms with van der Waals surface area (Å²) in [5, 5.41) is 5.42. The number of hydrogen-bond donors (Lipinski definition) is 0. The minimum absolute atomic E-state index is 0.394. The van der Waals surface area contributed by atoms with Crippen LogP contribution in [0.25, 0.3) is 32.3 Å². The van der Waals surface area contributed by atoms with E-state index in [9.17, 15) is 4.79 Å². The zero-order chi connectivity index (χ0) is 40.8. The number of fused-ring (bicyclic) bond motifs is 6. The van der Waals surface area contributed by atoms with Gasteiger partial charge in [-0.3, -0.25) is 0 Å². The molecule has 1 atom stereocenters. The van der Waals surface area contributed by atoms with Gasteiger partial charge in [-0.2, -0.15) is 0 Å². The van der Waals surface area contributed by atoms with Gasteiger partial charge in [-0.15, -0.1) is 0 Å². The number of esters is 1. The van der Waals surface area contributed by atoms with Crippen molar-refractivity contribution in [3.63, 3.8) is 0 Å². The fourth-order valence-corrected chi connectivity index (χ4v) is 7.04. The normalized spacial score (nSPS) is 11.8. The zero-order valence-electron chi connectivity index (χ0n) is 35.9. The van der Waals surface area contributed by atoms with Crippen molar-refractivity contribution < 1.29 is 38.0 Å². The van der Waals surface area contributed by atoms with Gasteiger partial charge in [0.25, 0.3) is 0 Å². The van der Waals surface area contributed by atoms with Gasteiger partial charge in [-0.05, 0) is 60.4 Å². The highest BCUT2D eigenvalue weighted by Gasteiger charge is 2.32. The van der Waals surface area contributed by atoms with Crippen LogP contribution in [0.15, 0.2) is 49.1 Å². The van der Waals surface area contributed by atoms with E-state index in [1.165, 1.54) is 0 Å². The Bertz CT molecular complexity index is 1830. The summed E-state index contributed by atoms with van der Waals surface area (Å²) in [5.74, 6) is 2.81. The maximum atomic E-state index is 12.7. The lowest BCUT2D eigenvalue weighted by molar-refractivity contribution is -0.157. The first-order valence-electron chi connectivity index (χ1n) is 22.1. The van der Waals surface area contributed by atoms with Crippen LogP contribution in [0.4, 0.5) is 0 Å². The Morgan fingerprint density at radius 1 is 0.509 bits per heavy atom. The van der Waals surface area contributed by atoms with Crippen LogP contribution in [0, 0.1) is 0 Å². The summed E-state index contributed by atoms with van der Waals surface area (Å²) in [6, 6.07) is 12.5. The molecule has 0 fully saturated rings. The first-order valence-corrected chi connectivity index (χ1v) is 22.1. The quantitative estimate of drug-likeness (QED) is 0.0170. The molecule has 0 spiro atoms. The van der Waals surface area contributed by atoms with E-state index in [0.717, 1.165) is 135 Å². The van der Waals surface area contributed by atoms with Gasteiger partial charge in [0, 0.05) is 28.7 Å². The average molecular weight is 787 g/mol. The summed E-state index contributed by atoms with van der Waals surface area (Å²) < 4.78 is 46.9. The number of unbranched alkanes of at least 4 members (excludes halogenated alkanes) is 10. The number of carbonyl (C=O) groups is 1. The Morgan fingerprint density at radius 3 is 1.46 bits per heavy atom. The molecule has 4 aromatic carbocycles. The number of carbonyl (C=O) groups excluding carboxylic acids is 1. The molecule has 8 heteroatoms. The van der Waals surface area contributed by atoms with Crippen molar-refractivity contribution in [2.24, 2.45) is 0 Å². The number of rotatable bonds is 30. The summed E-state index contributed by atoms with van der Waals surface area (Å²) in [6.45, 7) is 19.0.